The number of para-hydroxylation sites is 1. The van der Waals surface area contributed by atoms with Crippen LogP contribution >= 0.6 is 0 Å². The predicted molar refractivity (Wildman–Crippen MR) is 130 cm³/mol. The van der Waals surface area contributed by atoms with Gasteiger partial charge in [-0.1, -0.05) is 12.1 Å². The molecular formula is C27H30N3O3+. The van der Waals surface area contributed by atoms with Crippen molar-refractivity contribution in [1.82, 2.24) is 0 Å². The zero-order valence-electron chi connectivity index (χ0n) is 19.9. The number of rotatable bonds is 6. The highest BCUT2D eigenvalue weighted by Gasteiger charge is 2.30. The standard InChI is InChI=1S/C27H30N3O3/c1-6-28-20-15-25-23(13-17(20)4)30(22-12-10-9-11-19(22)27(31)32-8-3)24-14-18(5)21(29-7-2)16-26(24)33-25/h9-16,28H,6-8H2,1-5H3/q+1. The quantitative estimate of drug-likeness (QED) is 0.259. The Bertz CT molecular complexity index is 1370. The zero-order valence-corrected chi connectivity index (χ0v) is 19.9. The molecule has 0 saturated heterocycles. The largest absolute Gasteiger partial charge is 0.462 e. The first kappa shape index (κ1) is 22.5. The van der Waals surface area contributed by atoms with E-state index in [9.17, 15) is 4.79 Å². The van der Waals surface area contributed by atoms with Crippen LogP contribution in [0.4, 0.5) is 5.69 Å². The van der Waals surface area contributed by atoms with Crippen molar-refractivity contribution in [3.63, 3.8) is 0 Å². The Hall–Kier alpha value is -3.67. The summed E-state index contributed by atoms with van der Waals surface area (Å²) >= 11 is 0. The lowest BCUT2D eigenvalue weighted by atomic mass is 10.1. The van der Waals surface area contributed by atoms with Gasteiger partial charge in [0.25, 0.3) is 11.2 Å². The number of hydrogen-bond donors (Lipinski definition) is 1. The molecule has 6 heteroatoms. The topological polar surface area (TPSA) is 67.7 Å². The van der Waals surface area contributed by atoms with Crippen LogP contribution in [0.5, 0.6) is 0 Å². The Balaban J connectivity index is 2.15. The Kier molecular flexibility index (Phi) is 6.45. The molecule has 0 amide bonds. The lowest BCUT2D eigenvalue weighted by molar-refractivity contribution is -0.557. The molecule has 1 aliphatic carbocycles. The van der Waals surface area contributed by atoms with Gasteiger partial charge in [-0.25, -0.2) is 4.79 Å². The number of ether oxygens (including phenoxy) is 1. The number of esters is 1. The van der Waals surface area contributed by atoms with Crippen LogP contribution in [-0.4, -0.2) is 25.7 Å². The van der Waals surface area contributed by atoms with Crippen LogP contribution in [0.3, 0.4) is 0 Å². The molecule has 6 nitrogen and oxygen atoms in total. The van der Waals surface area contributed by atoms with E-state index in [2.05, 4.69) is 40.9 Å². The Morgan fingerprint density at radius 3 is 2.58 bits per heavy atom. The van der Waals surface area contributed by atoms with Gasteiger partial charge in [-0.15, -0.1) is 4.57 Å². The average Bonchev–Trinajstić information content (AvgIpc) is 2.80. The van der Waals surface area contributed by atoms with E-state index in [0.29, 0.717) is 30.1 Å². The van der Waals surface area contributed by atoms with Crippen LogP contribution in [0.2, 0.25) is 0 Å². The number of carbonyl (C=O) groups is 1. The number of nitrogens with one attached hydrogen (secondary N) is 1. The molecule has 1 heterocycles. The fraction of sp³-hybridized carbons (Fsp3) is 0.296. The number of benzene rings is 3. The van der Waals surface area contributed by atoms with Crippen LogP contribution in [0, 0.1) is 13.8 Å². The fourth-order valence-corrected chi connectivity index (χ4v) is 4.13. The third-order valence-electron chi connectivity index (χ3n) is 5.62. The molecule has 2 aromatic carbocycles. The van der Waals surface area contributed by atoms with Gasteiger partial charge in [-0.2, -0.15) is 0 Å². The first-order valence-corrected chi connectivity index (χ1v) is 11.4. The maximum Gasteiger partial charge on any atom is 0.344 e. The van der Waals surface area contributed by atoms with Gasteiger partial charge >= 0.3 is 5.97 Å². The second-order valence-electron chi connectivity index (χ2n) is 7.92. The number of carbonyl (C=O) groups excluding carboxylic acids is 1. The second-order valence-corrected chi connectivity index (χ2v) is 7.92. The number of anilines is 1. The minimum atomic E-state index is -0.349. The molecule has 0 unspecified atom stereocenters. The second kappa shape index (κ2) is 9.45. The summed E-state index contributed by atoms with van der Waals surface area (Å²) in [5.41, 5.74) is 6.86. The van der Waals surface area contributed by atoms with E-state index in [1.807, 2.05) is 51.1 Å². The predicted octanol–water partition coefficient (Wildman–Crippen LogP) is 4.96. The minimum absolute atomic E-state index is 0.315. The first-order chi connectivity index (χ1) is 16.0. The molecule has 0 saturated carbocycles. The van der Waals surface area contributed by atoms with Crippen molar-refractivity contribution in [1.29, 1.82) is 0 Å². The summed E-state index contributed by atoms with van der Waals surface area (Å²) in [5, 5.41) is 4.30. The maximum absolute atomic E-state index is 12.8. The van der Waals surface area contributed by atoms with Gasteiger partial charge < -0.3 is 14.5 Å². The number of nitrogens with zero attached hydrogens (tertiary/aromatic N) is 2. The first-order valence-electron chi connectivity index (χ1n) is 11.4. The van der Waals surface area contributed by atoms with Gasteiger partial charge in [0.05, 0.1) is 12.0 Å². The normalized spacial score (nSPS) is 11.8. The van der Waals surface area contributed by atoms with Crippen LogP contribution in [0.15, 0.2) is 57.9 Å². The van der Waals surface area contributed by atoms with Gasteiger partial charge in [0.1, 0.15) is 5.56 Å². The van der Waals surface area contributed by atoms with Crippen molar-refractivity contribution < 1.29 is 18.5 Å². The molecule has 0 radical (unpaired) electrons. The number of fused-ring (bicyclic) bond motifs is 2. The summed E-state index contributed by atoms with van der Waals surface area (Å²) in [7, 11) is 0. The van der Waals surface area contributed by atoms with Gasteiger partial charge in [0, 0.05) is 49.1 Å². The molecule has 0 bridgehead atoms. The van der Waals surface area contributed by atoms with E-state index in [0.717, 1.165) is 45.6 Å². The smallest absolute Gasteiger partial charge is 0.344 e. The molecule has 0 atom stereocenters. The molecule has 1 N–H and O–H groups in total. The lowest BCUT2D eigenvalue weighted by Gasteiger charge is -2.14. The highest BCUT2D eigenvalue weighted by Crippen LogP contribution is 2.29. The molecule has 1 aliphatic heterocycles. The van der Waals surface area contributed by atoms with E-state index >= 15 is 0 Å². The van der Waals surface area contributed by atoms with Gasteiger partial charge in [-0.05, 0) is 51.8 Å². The zero-order chi connectivity index (χ0) is 23.5. The van der Waals surface area contributed by atoms with Crippen molar-refractivity contribution in [2.45, 2.75) is 34.6 Å². The highest BCUT2D eigenvalue weighted by molar-refractivity contribution is 5.93. The molecular weight excluding hydrogens is 414 g/mol. The van der Waals surface area contributed by atoms with E-state index < -0.39 is 0 Å². The number of hydrogen-bond acceptors (Lipinski definition) is 5. The summed E-state index contributed by atoms with van der Waals surface area (Å²) in [5.74, 6) is 0.350. The van der Waals surface area contributed by atoms with E-state index in [-0.39, 0.29) is 5.97 Å². The molecule has 0 spiro atoms. The number of aryl methyl sites for hydroxylation is 2. The van der Waals surface area contributed by atoms with Crippen LogP contribution in [0.1, 0.15) is 42.3 Å². The third-order valence-corrected chi connectivity index (χ3v) is 5.62. The van der Waals surface area contributed by atoms with Gasteiger partial charge in [-0.3, -0.25) is 4.99 Å². The molecule has 2 aliphatic rings. The van der Waals surface area contributed by atoms with Crippen LogP contribution < -0.4 is 15.2 Å². The maximum atomic E-state index is 12.8. The molecule has 170 valence electrons. The minimum Gasteiger partial charge on any atom is -0.462 e. The molecule has 33 heavy (non-hydrogen) atoms. The highest BCUT2D eigenvalue weighted by atomic mass is 16.5. The summed E-state index contributed by atoms with van der Waals surface area (Å²) in [6.07, 6.45) is 0. The van der Waals surface area contributed by atoms with Crippen LogP contribution in [0.25, 0.3) is 28.2 Å². The average molecular weight is 445 g/mol. The van der Waals surface area contributed by atoms with Crippen molar-refractivity contribution in [3.05, 3.63) is 70.6 Å². The Labute approximate surface area is 193 Å². The summed E-state index contributed by atoms with van der Waals surface area (Å²) < 4.78 is 13.9. The van der Waals surface area contributed by atoms with Gasteiger partial charge in [0.2, 0.25) is 17.0 Å². The monoisotopic (exact) mass is 444 g/mol. The van der Waals surface area contributed by atoms with Crippen molar-refractivity contribution in [3.8, 4) is 17.1 Å². The lowest BCUT2D eigenvalue weighted by Crippen LogP contribution is -2.38. The Morgan fingerprint density at radius 1 is 1.06 bits per heavy atom. The SMILES string of the molecule is CCN=c1cc2oc3cc(NCC)c(C)cc3[n+](-c3ccccc3C(=O)OCC)c-2cc1C. The van der Waals surface area contributed by atoms with Crippen molar-refractivity contribution in [2.75, 3.05) is 25.0 Å². The summed E-state index contributed by atoms with van der Waals surface area (Å²) in [4.78, 5) is 17.5. The molecule has 0 aromatic heterocycles. The van der Waals surface area contributed by atoms with E-state index in [1.54, 1.807) is 6.07 Å². The van der Waals surface area contributed by atoms with Gasteiger partial charge in [0.15, 0.2) is 0 Å². The van der Waals surface area contributed by atoms with E-state index in [1.165, 1.54) is 0 Å². The van der Waals surface area contributed by atoms with Crippen molar-refractivity contribution in [2.24, 2.45) is 4.99 Å². The molecule has 2 aromatic rings. The molecule has 4 rings (SSSR count). The molecule has 0 fully saturated rings. The third kappa shape index (κ3) is 4.21. The Morgan fingerprint density at radius 2 is 1.85 bits per heavy atom. The fourth-order valence-electron chi connectivity index (χ4n) is 4.13. The number of aromatic nitrogens is 1. The van der Waals surface area contributed by atoms with E-state index in [4.69, 9.17) is 9.15 Å². The van der Waals surface area contributed by atoms with Crippen molar-refractivity contribution >= 4 is 22.8 Å². The van der Waals surface area contributed by atoms with Crippen LogP contribution in [-0.2, 0) is 4.74 Å². The summed E-state index contributed by atoms with van der Waals surface area (Å²) in [6.45, 7) is 11.8. The summed E-state index contributed by atoms with van der Waals surface area (Å²) in [6, 6.07) is 15.7.